The van der Waals surface area contributed by atoms with Crippen LogP contribution in [0, 0.1) is 39.0 Å². The summed E-state index contributed by atoms with van der Waals surface area (Å²) in [5, 5.41) is 21.6. The van der Waals surface area contributed by atoms with Crippen molar-refractivity contribution in [3.8, 4) is 34.1 Å². The van der Waals surface area contributed by atoms with E-state index in [1.54, 1.807) is 38.1 Å². The third-order valence-corrected chi connectivity index (χ3v) is 9.27. The number of fused-ring (bicyclic) bond motifs is 2. The lowest BCUT2D eigenvalue weighted by Gasteiger charge is -2.19. The molecule has 0 radical (unpaired) electrons. The maximum Gasteiger partial charge on any atom is 0.417 e. The molecule has 0 saturated carbocycles. The molecule has 9 nitrogen and oxygen atoms in total. The van der Waals surface area contributed by atoms with Gasteiger partial charge in [0.05, 0.1) is 44.4 Å². The fourth-order valence-corrected chi connectivity index (χ4v) is 7.02. The van der Waals surface area contributed by atoms with Crippen molar-refractivity contribution < 1.29 is 27.8 Å². The second-order valence-electron chi connectivity index (χ2n) is 11.4. The summed E-state index contributed by atoms with van der Waals surface area (Å²) >= 11 is 7.59. The van der Waals surface area contributed by atoms with Crippen LogP contribution in [-0.4, -0.2) is 37.2 Å². The van der Waals surface area contributed by atoms with Gasteiger partial charge in [-0.05, 0) is 69.7 Å². The number of benzene rings is 2. The molecule has 0 aliphatic rings. The van der Waals surface area contributed by atoms with E-state index in [0.29, 0.717) is 43.4 Å². The smallest absolute Gasteiger partial charge is 0.417 e. The standard InChI is InChI=1S/C35H25ClF3N5O4S/c1-16-9-21(18(3)41-14-16)29-24(13-40)30-27(12-26(29)35(37,38)39)43-19(4)44(33(30)45)7-8-48-28-6-5-20(36)11-22(28)23-10-17(2)42-31-25(34(46)47)15-49-32(23)31/h5-6,9-12,14-15H,7-8H2,1-4H3,(H,46,47). The quantitative estimate of drug-likeness (QED) is 0.176. The van der Waals surface area contributed by atoms with Crippen LogP contribution in [0.25, 0.3) is 43.4 Å². The fraction of sp³-hybridized carbons (Fsp3) is 0.200. The summed E-state index contributed by atoms with van der Waals surface area (Å²) in [6, 6.07) is 10.9. The van der Waals surface area contributed by atoms with Crippen LogP contribution in [0.1, 0.15) is 44.3 Å². The summed E-state index contributed by atoms with van der Waals surface area (Å²) in [6.07, 6.45) is -3.34. The molecule has 0 amide bonds. The van der Waals surface area contributed by atoms with Crippen LogP contribution in [0.2, 0.25) is 5.02 Å². The minimum absolute atomic E-state index is 0.0606. The van der Waals surface area contributed by atoms with Crippen LogP contribution in [0.4, 0.5) is 13.2 Å². The van der Waals surface area contributed by atoms with Gasteiger partial charge in [0.2, 0.25) is 0 Å². The number of rotatable bonds is 7. The highest BCUT2D eigenvalue weighted by molar-refractivity contribution is 7.18. The molecule has 4 heterocycles. The van der Waals surface area contributed by atoms with Gasteiger partial charge in [0.1, 0.15) is 24.3 Å². The van der Waals surface area contributed by atoms with Crippen molar-refractivity contribution >= 4 is 50.0 Å². The predicted molar refractivity (Wildman–Crippen MR) is 180 cm³/mol. The van der Waals surface area contributed by atoms with Gasteiger partial charge in [0.15, 0.2) is 0 Å². The van der Waals surface area contributed by atoms with Crippen LogP contribution < -0.4 is 10.3 Å². The number of thiophene rings is 1. The molecule has 0 atom stereocenters. The van der Waals surface area contributed by atoms with Crippen LogP contribution in [0.3, 0.4) is 0 Å². The van der Waals surface area contributed by atoms with Gasteiger partial charge in [-0.2, -0.15) is 18.4 Å². The number of hydrogen-bond donors (Lipinski definition) is 1. The monoisotopic (exact) mass is 703 g/mol. The van der Waals surface area contributed by atoms with Crippen molar-refractivity contribution in [2.24, 2.45) is 0 Å². The molecule has 1 N–H and O–H groups in total. The van der Waals surface area contributed by atoms with E-state index in [-0.39, 0.29) is 46.7 Å². The Morgan fingerprint density at radius 1 is 1.08 bits per heavy atom. The molecule has 0 bridgehead atoms. The third kappa shape index (κ3) is 6.09. The molecule has 0 unspecified atom stereocenters. The van der Waals surface area contributed by atoms with Gasteiger partial charge in [-0.25, -0.2) is 9.78 Å². The van der Waals surface area contributed by atoms with E-state index in [9.17, 15) is 33.1 Å². The van der Waals surface area contributed by atoms with E-state index in [1.807, 2.05) is 6.07 Å². The molecule has 49 heavy (non-hydrogen) atoms. The first kappa shape index (κ1) is 33.6. The molecular weight excluding hydrogens is 679 g/mol. The number of carboxylic acids is 1. The van der Waals surface area contributed by atoms with Crippen LogP contribution in [-0.2, 0) is 12.7 Å². The Labute approximate surface area is 285 Å². The Balaban J connectivity index is 1.43. The predicted octanol–water partition coefficient (Wildman–Crippen LogP) is 8.29. The van der Waals surface area contributed by atoms with Gasteiger partial charge in [-0.1, -0.05) is 11.6 Å². The molecule has 4 aromatic heterocycles. The number of nitriles is 1. The molecule has 248 valence electrons. The summed E-state index contributed by atoms with van der Waals surface area (Å²) < 4.78 is 51.4. The first-order valence-electron chi connectivity index (χ1n) is 14.7. The Morgan fingerprint density at radius 3 is 2.53 bits per heavy atom. The average Bonchev–Trinajstić information content (AvgIpc) is 3.47. The first-order valence-corrected chi connectivity index (χ1v) is 16.0. The molecule has 2 aromatic carbocycles. The number of aromatic nitrogens is 4. The van der Waals surface area contributed by atoms with Gasteiger partial charge >= 0.3 is 12.1 Å². The van der Waals surface area contributed by atoms with E-state index < -0.39 is 34.4 Å². The molecule has 0 saturated heterocycles. The van der Waals surface area contributed by atoms with Crippen LogP contribution in [0.15, 0.2) is 52.8 Å². The van der Waals surface area contributed by atoms with E-state index in [0.717, 1.165) is 6.07 Å². The van der Waals surface area contributed by atoms with Gasteiger partial charge in [0, 0.05) is 50.2 Å². The van der Waals surface area contributed by atoms with Crippen molar-refractivity contribution in [3.63, 3.8) is 0 Å². The Morgan fingerprint density at radius 2 is 1.84 bits per heavy atom. The second kappa shape index (κ2) is 12.6. The first-order chi connectivity index (χ1) is 23.2. The summed E-state index contributed by atoms with van der Waals surface area (Å²) in [4.78, 5) is 38.7. The topological polar surface area (TPSA) is 131 Å². The highest BCUT2D eigenvalue weighted by Gasteiger charge is 2.37. The molecule has 0 spiro atoms. The van der Waals surface area contributed by atoms with E-state index >= 15 is 0 Å². The van der Waals surface area contributed by atoms with E-state index in [2.05, 4.69) is 15.0 Å². The summed E-state index contributed by atoms with van der Waals surface area (Å²) in [6.45, 7) is 6.31. The maximum atomic E-state index is 14.4. The number of ether oxygens (including phenoxy) is 1. The minimum Gasteiger partial charge on any atom is -0.491 e. The van der Waals surface area contributed by atoms with E-state index in [1.165, 1.54) is 47.4 Å². The van der Waals surface area contributed by atoms with Crippen molar-refractivity contribution in [1.29, 1.82) is 5.26 Å². The largest absolute Gasteiger partial charge is 0.491 e. The van der Waals surface area contributed by atoms with Crippen LogP contribution in [0.5, 0.6) is 5.75 Å². The van der Waals surface area contributed by atoms with Crippen molar-refractivity contribution in [3.05, 3.63) is 103 Å². The number of alkyl halides is 3. The Hall–Kier alpha value is -5.32. The number of hydrogen-bond acceptors (Lipinski definition) is 8. The normalized spacial score (nSPS) is 11.7. The minimum atomic E-state index is -4.85. The Kier molecular flexibility index (Phi) is 8.64. The fourth-order valence-electron chi connectivity index (χ4n) is 5.83. The zero-order chi connectivity index (χ0) is 35.4. The number of aromatic carboxylic acids is 1. The van der Waals surface area contributed by atoms with Gasteiger partial charge in [0.25, 0.3) is 5.56 Å². The molecular formula is C35H25ClF3N5O4S. The SMILES string of the molecule is Cc1cnc(C)c(-c2c(C(F)(F)F)cc3nc(C)n(CCOc4ccc(Cl)cc4-c4cc(C)nc5c(C(=O)O)csc45)c(=O)c3c2C#N)c1. The molecule has 14 heteroatoms. The molecule has 0 fully saturated rings. The number of halogens is 4. The van der Waals surface area contributed by atoms with Gasteiger partial charge < -0.3 is 9.84 Å². The number of nitrogens with zero attached hydrogens (tertiary/aromatic N) is 5. The lowest BCUT2D eigenvalue weighted by atomic mass is 9.90. The van der Waals surface area contributed by atoms with Crippen molar-refractivity contribution in [2.75, 3.05) is 6.61 Å². The molecule has 6 rings (SSSR count). The van der Waals surface area contributed by atoms with Crippen LogP contribution >= 0.6 is 22.9 Å². The highest BCUT2D eigenvalue weighted by atomic mass is 35.5. The van der Waals surface area contributed by atoms with Gasteiger partial charge in [-0.3, -0.25) is 19.3 Å². The Bertz CT molecular complexity index is 2450. The lowest BCUT2D eigenvalue weighted by Crippen LogP contribution is -2.27. The number of carbonyl (C=O) groups is 1. The van der Waals surface area contributed by atoms with Gasteiger partial charge in [-0.15, -0.1) is 11.3 Å². The number of carboxylic acid groups (broad SMARTS) is 1. The highest BCUT2D eigenvalue weighted by Crippen LogP contribution is 2.43. The number of aryl methyl sites for hydroxylation is 4. The third-order valence-electron chi connectivity index (χ3n) is 8.03. The van der Waals surface area contributed by atoms with Crippen molar-refractivity contribution in [2.45, 2.75) is 40.4 Å². The molecule has 6 aromatic rings. The summed E-state index contributed by atoms with van der Waals surface area (Å²) in [5.41, 5.74) is 0.259. The zero-order valence-corrected chi connectivity index (χ0v) is 27.9. The second-order valence-corrected chi connectivity index (χ2v) is 12.7. The summed E-state index contributed by atoms with van der Waals surface area (Å²) in [5.74, 6) is -0.588. The van der Waals surface area contributed by atoms with Crippen molar-refractivity contribution in [1.82, 2.24) is 19.5 Å². The zero-order valence-electron chi connectivity index (χ0n) is 26.4. The van der Waals surface area contributed by atoms with E-state index in [4.69, 9.17) is 16.3 Å². The lowest BCUT2D eigenvalue weighted by molar-refractivity contribution is -0.137. The molecule has 0 aliphatic heterocycles. The number of pyridine rings is 2. The maximum absolute atomic E-state index is 14.4. The average molecular weight is 704 g/mol. The molecule has 0 aliphatic carbocycles. The summed E-state index contributed by atoms with van der Waals surface area (Å²) in [7, 11) is 0.